The molecule has 5 heteroatoms. The molecule has 2 rings (SSSR count). The minimum atomic E-state index is -0.393. The zero-order valence-corrected chi connectivity index (χ0v) is 10.2. The zero-order valence-electron chi connectivity index (χ0n) is 10.2. The lowest BCUT2D eigenvalue weighted by Crippen LogP contribution is -2.05. The maximum absolute atomic E-state index is 11.6. The summed E-state index contributed by atoms with van der Waals surface area (Å²) in [6, 6.07) is 1.73. The summed E-state index contributed by atoms with van der Waals surface area (Å²) in [6.45, 7) is 6.06. The molecule has 90 valence electrons. The first-order valence-corrected chi connectivity index (χ1v) is 5.68. The van der Waals surface area contributed by atoms with Crippen LogP contribution in [0, 0.1) is 6.92 Å². The zero-order chi connectivity index (χ0) is 12.4. The Morgan fingerprint density at radius 1 is 1.47 bits per heavy atom. The summed E-state index contributed by atoms with van der Waals surface area (Å²) in [5, 5.41) is 4.20. The molecular weight excluding hydrogens is 218 g/mol. The predicted octanol–water partition coefficient (Wildman–Crippen LogP) is 1.78. The second-order valence-corrected chi connectivity index (χ2v) is 3.76. The largest absolute Gasteiger partial charge is 0.461 e. The minimum absolute atomic E-state index is 0.328. The number of fused-ring (bicyclic) bond motifs is 1. The van der Waals surface area contributed by atoms with E-state index in [1.54, 1.807) is 23.7 Å². The molecule has 2 aromatic rings. The molecular formula is C12H15N3O2. The predicted molar refractivity (Wildman–Crippen MR) is 63.1 cm³/mol. The molecule has 0 N–H and O–H groups in total. The van der Waals surface area contributed by atoms with Crippen molar-refractivity contribution in [3.8, 4) is 0 Å². The molecule has 5 nitrogen and oxygen atoms in total. The van der Waals surface area contributed by atoms with Crippen LogP contribution in [-0.4, -0.2) is 27.2 Å². The molecule has 0 aliphatic heterocycles. The summed E-state index contributed by atoms with van der Waals surface area (Å²) in [5.41, 5.74) is 3.01. The number of nitrogens with zero attached hydrogens (tertiary/aromatic N) is 3. The third kappa shape index (κ3) is 2.13. The van der Waals surface area contributed by atoms with Crippen molar-refractivity contribution in [2.24, 2.45) is 0 Å². The number of rotatable bonds is 3. The van der Waals surface area contributed by atoms with Crippen LogP contribution >= 0.6 is 0 Å². The van der Waals surface area contributed by atoms with Gasteiger partial charge in [0.05, 0.1) is 29.7 Å². The topological polar surface area (TPSA) is 56.5 Å². The molecule has 17 heavy (non-hydrogen) atoms. The second kappa shape index (κ2) is 4.53. The van der Waals surface area contributed by atoms with E-state index in [1.165, 1.54) is 0 Å². The van der Waals surface area contributed by atoms with Crippen molar-refractivity contribution < 1.29 is 9.53 Å². The SMILES string of the molecule is CCOC(=O)c1cc2c(CC)nc(C)cn2n1. The van der Waals surface area contributed by atoms with Gasteiger partial charge < -0.3 is 4.74 Å². The van der Waals surface area contributed by atoms with Crippen LogP contribution < -0.4 is 0 Å². The van der Waals surface area contributed by atoms with Gasteiger partial charge in [0.25, 0.3) is 0 Å². The number of esters is 1. The van der Waals surface area contributed by atoms with Crippen molar-refractivity contribution >= 4 is 11.5 Å². The first-order valence-electron chi connectivity index (χ1n) is 5.68. The normalized spacial score (nSPS) is 10.8. The molecule has 0 aliphatic carbocycles. The standard InChI is InChI=1S/C12H15N3O2/c1-4-9-11-6-10(12(16)17-5-2)14-15(11)7-8(3)13-9/h6-7H,4-5H2,1-3H3. The van der Waals surface area contributed by atoms with Gasteiger partial charge in [0.1, 0.15) is 0 Å². The number of hydrogen-bond acceptors (Lipinski definition) is 4. The van der Waals surface area contributed by atoms with Crippen molar-refractivity contribution in [1.82, 2.24) is 14.6 Å². The van der Waals surface area contributed by atoms with Crippen LogP contribution in [-0.2, 0) is 11.2 Å². The highest BCUT2D eigenvalue weighted by Crippen LogP contribution is 2.13. The number of ether oxygens (including phenoxy) is 1. The van der Waals surface area contributed by atoms with E-state index in [9.17, 15) is 4.79 Å². The summed E-state index contributed by atoms with van der Waals surface area (Å²) in [7, 11) is 0. The maximum atomic E-state index is 11.6. The summed E-state index contributed by atoms with van der Waals surface area (Å²) >= 11 is 0. The van der Waals surface area contributed by atoms with E-state index in [2.05, 4.69) is 10.1 Å². The van der Waals surface area contributed by atoms with Gasteiger partial charge in [0.15, 0.2) is 5.69 Å². The Balaban J connectivity index is 2.53. The van der Waals surface area contributed by atoms with Gasteiger partial charge in [-0.3, -0.25) is 4.98 Å². The van der Waals surface area contributed by atoms with Gasteiger partial charge in [-0.2, -0.15) is 5.10 Å². The van der Waals surface area contributed by atoms with Crippen LogP contribution in [0.3, 0.4) is 0 Å². The average Bonchev–Trinajstić information content (AvgIpc) is 2.71. The van der Waals surface area contributed by atoms with E-state index in [1.807, 2.05) is 13.8 Å². The second-order valence-electron chi connectivity index (χ2n) is 3.76. The fourth-order valence-electron chi connectivity index (χ4n) is 1.75. The van der Waals surface area contributed by atoms with Crippen molar-refractivity contribution in [3.63, 3.8) is 0 Å². The van der Waals surface area contributed by atoms with Crippen molar-refractivity contribution in [2.75, 3.05) is 6.61 Å². The van der Waals surface area contributed by atoms with E-state index < -0.39 is 5.97 Å². The highest BCUT2D eigenvalue weighted by molar-refractivity contribution is 5.89. The van der Waals surface area contributed by atoms with Gasteiger partial charge >= 0.3 is 5.97 Å². The first kappa shape index (κ1) is 11.6. The Hall–Kier alpha value is -1.91. The highest BCUT2D eigenvalue weighted by Gasteiger charge is 2.14. The molecule has 0 unspecified atom stereocenters. The molecule has 0 bridgehead atoms. The summed E-state index contributed by atoms with van der Waals surface area (Å²) in [6.07, 6.45) is 2.61. The van der Waals surface area contributed by atoms with Crippen LogP contribution in [0.1, 0.15) is 35.7 Å². The van der Waals surface area contributed by atoms with Crippen molar-refractivity contribution in [2.45, 2.75) is 27.2 Å². The molecule has 2 aromatic heterocycles. The monoisotopic (exact) mass is 233 g/mol. The molecule has 0 aromatic carbocycles. The number of aromatic nitrogens is 3. The van der Waals surface area contributed by atoms with Crippen molar-refractivity contribution in [3.05, 3.63) is 29.3 Å². The Morgan fingerprint density at radius 3 is 2.88 bits per heavy atom. The smallest absolute Gasteiger partial charge is 0.358 e. The van der Waals surface area contributed by atoms with E-state index in [0.717, 1.165) is 23.3 Å². The summed E-state index contributed by atoms with van der Waals surface area (Å²) in [4.78, 5) is 16.0. The Kier molecular flexibility index (Phi) is 3.08. The lowest BCUT2D eigenvalue weighted by Gasteiger charge is -2.01. The van der Waals surface area contributed by atoms with E-state index in [4.69, 9.17) is 4.74 Å². The quantitative estimate of drug-likeness (QED) is 0.758. The number of hydrogen-bond donors (Lipinski definition) is 0. The molecule has 0 saturated heterocycles. The summed E-state index contributed by atoms with van der Waals surface area (Å²) < 4.78 is 6.61. The van der Waals surface area contributed by atoms with Crippen LogP contribution in [0.4, 0.5) is 0 Å². The van der Waals surface area contributed by atoms with Gasteiger partial charge in [-0.25, -0.2) is 9.31 Å². The van der Waals surface area contributed by atoms with Gasteiger partial charge in [-0.1, -0.05) is 6.92 Å². The third-order valence-corrected chi connectivity index (χ3v) is 2.47. The number of carbonyl (C=O) groups is 1. The van der Waals surface area contributed by atoms with Gasteiger partial charge in [0.2, 0.25) is 0 Å². The fourth-order valence-corrected chi connectivity index (χ4v) is 1.75. The molecule has 2 heterocycles. The third-order valence-electron chi connectivity index (χ3n) is 2.47. The van der Waals surface area contributed by atoms with Crippen LogP contribution in [0.2, 0.25) is 0 Å². The van der Waals surface area contributed by atoms with Gasteiger partial charge in [-0.05, 0) is 20.3 Å². The molecule has 0 aliphatic rings. The maximum Gasteiger partial charge on any atom is 0.358 e. The number of aryl methyl sites for hydroxylation is 2. The average molecular weight is 233 g/mol. The van der Waals surface area contributed by atoms with Crippen LogP contribution in [0.5, 0.6) is 0 Å². The molecule has 0 radical (unpaired) electrons. The molecule has 0 fully saturated rings. The first-order chi connectivity index (χ1) is 8.15. The Morgan fingerprint density at radius 2 is 2.24 bits per heavy atom. The van der Waals surface area contributed by atoms with Gasteiger partial charge in [-0.15, -0.1) is 0 Å². The van der Waals surface area contributed by atoms with Crippen molar-refractivity contribution in [1.29, 1.82) is 0 Å². The highest BCUT2D eigenvalue weighted by atomic mass is 16.5. The fraction of sp³-hybridized carbons (Fsp3) is 0.417. The van der Waals surface area contributed by atoms with E-state index in [0.29, 0.717) is 12.3 Å². The lowest BCUT2D eigenvalue weighted by atomic mass is 10.2. The molecule has 0 amide bonds. The Labute approximate surface area is 99.4 Å². The lowest BCUT2D eigenvalue weighted by molar-refractivity contribution is 0.0519. The van der Waals surface area contributed by atoms with E-state index in [-0.39, 0.29) is 0 Å². The van der Waals surface area contributed by atoms with Crippen LogP contribution in [0.25, 0.3) is 5.52 Å². The van der Waals surface area contributed by atoms with Crippen LogP contribution in [0.15, 0.2) is 12.3 Å². The summed E-state index contributed by atoms with van der Waals surface area (Å²) in [5.74, 6) is -0.393. The number of carbonyl (C=O) groups excluding carboxylic acids is 1. The minimum Gasteiger partial charge on any atom is -0.461 e. The molecule has 0 saturated carbocycles. The Bertz CT molecular complexity index is 560. The van der Waals surface area contributed by atoms with Gasteiger partial charge in [0, 0.05) is 6.07 Å². The molecule has 0 spiro atoms. The molecule has 0 atom stereocenters. The van der Waals surface area contributed by atoms with E-state index >= 15 is 0 Å².